The number of nitrogens with one attached hydrogen (secondary N) is 1. The molecule has 1 unspecified atom stereocenters. The summed E-state index contributed by atoms with van der Waals surface area (Å²) >= 11 is 0. The number of rotatable bonds is 5. The Hall–Kier alpha value is -2.21. The van der Waals surface area contributed by atoms with Crippen LogP contribution in [0.1, 0.15) is 42.7 Å². The van der Waals surface area contributed by atoms with E-state index in [2.05, 4.69) is 39.4 Å². The van der Waals surface area contributed by atoms with Crippen molar-refractivity contribution in [3.63, 3.8) is 0 Å². The number of aromatic amines is 1. The van der Waals surface area contributed by atoms with Gasteiger partial charge in [-0.2, -0.15) is 10.3 Å². The average molecular weight is 328 g/mol. The van der Waals surface area contributed by atoms with Gasteiger partial charge in [0.25, 0.3) is 0 Å². The molecule has 2 aromatic rings. The number of carbonyl (C=O) groups excluding carboxylic acids is 1. The lowest BCUT2D eigenvalue weighted by Gasteiger charge is -2.30. The summed E-state index contributed by atoms with van der Waals surface area (Å²) in [6, 6.07) is 8.15. The number of piperidine rings is 1. The second kappa shape index (κ2) is 7.57. The number of ether oxygens (including phenoxy) is 1. The first-order chi connectivity index (χ1) is 11.7. The molecule has 1 atom stereocenters. The zero-order chi connectivity index (χ0) is 16.9. The quantitative estimate of drug-likeness (QED) is 0.855. The van der Waals surface area contributed by atoms with Crippen molar-refractivity contribution in [2.45, 2.75) is 33.2 Å². The van der Waals surface area contributed by atoms with Crippen LogP contribution in [-0.4, -0.2) is 46.0 Å². The van der Waals surface area contributed by atoms with Crippen LogP contribution in [0, 0.1) is 5.92 Å². The molecule has 0 saturated carbocycles. The van der Waals surface area contributed by atoms with Gasteiger partial charge in [-0.05, 0) is 43.9 Å². The number of hydrogen-bond acceptors (Lipinski definition) is 5. The zero-order valence-electron chi connectivity index (χ0n) is 14.3. The van der Waals surface area contributed by atoms with Crippen molar-refractivity contribution in [2.24, 2.45) is 5.92 Å². The van der Waals surface area contributed by atoms with Gasteiger partial charge in [0.05, 0.1) is 6.61 Å². The number of H-pyrrole nitrogens is 1. The van der Waals surface area contributed by atoms with E-state index in [-0.39, 0.29) is 5.69 Å². The van der Waals surface area contributed by atoms with Crippen molar-refractivity contribution in [3.8, 4) is 11.3 Å². The molecule has 2 heterocycles. The molecule has 1 aromatic heterocycles. The Morgan fingerprint density at radius 2 is 2.29 bits per heavy atom. The van der Waals surface area contributed by atoms with Gasteiger partial charge < -0.3 is 4.74 Å². The molecule has 0 bridgehead atoms. The van der Waals surface area contributed by atoms with Gasteiger partial charge in [0.15, 0.2) is 5.69 Å². The van der Waals surface area contributed by atoms with Crippen molar-refractivity contribution in [2.75, 3.05) is 19.7 Å². The molecular formula is C18H24N4O2. The third-order valence-electron chi connectivity index (χ3n) is 4.36. The van der Waals surface area contributed by atoms with Gasteiger partial charge in [0.2, 0.25) is 0 Å². The molecule has 24 heavy (non-hydrogen) atoms. The van der Waals surface area contributed by atoms with Crippen LogP contribution in [0.25, 0.3) is 11.3 Å². The molecule has 1 aliphatic rings. The second-order valence-electron chi connectivity index (χ2n) is 6.42. The van der Waals surface area contributed by atoms with Crippen LogP contribution in [-0.2, 0) is 11.3 Å². The summed E-state index contributed by atoms with van der Waals surface area (Å²) in [6.45, 7) is 7.61. The Morgan fingerprint density at radius 3 is 3.08 bits per heavy atom. The third-order valence-corrected chi connectivity index (χ3v) is 4.36. The number of benzene rings is 1. The van der Waals surface area contributed by atoms with Gasteiger partial charge in [-0.25, -0.2) is 4.79 Å². The summed E-state index contributed by atoms with van der Waals surface area (Å²) in [5.74, 6) is 0.310. The van der Waals surface area contributed by atoms with Crippen molar-refractivity contribution >= 4 is 5.97 Å². The van der Waals surface area contributed by atoms with Gasteiger partial charge in [-0.15, -0.1) is 5.10 Å². The molecule has 0 aliphatic carbocycles. The van der Waals surface area contributed by atoms with Crippen LogP contribution in [0.15, 0.2) is 24.3 Å². The van der Waals surface area contributed by atoms with Gasteiger partial charge in [0.1, 0.15) is 5.69 Å². The molecule has 1 aliphatic heterocycles. The molecule has 1 fully saturated rings. The van der Waals surface area contributed by atoms with Crippen LogP contribution < -0.4 is 0 Å². The Bertz CT molecular complexity index is 698. The highest BCUT2D eigenvalue weighted by atomic mass is 16.5. The lowest BCUT2D eigenvalue weighted by atomic mass is 9.99. The first-order valence-corrected chi connectivity index (χ1v) is 8.57. The predicted octanol–water partition coefficient (Wildman–Crippen LogP) is 2.88. The fourth-order valence-corrected chi connectivity index (χ4v) is 3.28. The Kier molecular flexibility index (Phi) is 5.25. The molecule has 1 aromatic carbocycles. The van der Waals surface area contributed by atoms with E-state index < -0.39 is 5.97 Å². The highest BCUT2D eigenvalue weighted by Gasteiger charge is 2.20. The average Bonchev–Trinajstić information content (AvgIpc) is 3.05. The van der Waals surface area contributed by atoms with Gasteiger partial charge in [-0.1, -0.05) is 25.1 Å². The van der Waals surface area contributed by atoms with Crippen molar-refractivity contribution in [1.82, 2.24) is 20.3 Å². The van der Waals surface area contributed by atoms with Crippen LogP contribution in [0.5, 0.6) is 0 Å². The van der Waals surface area contributed by atoms with Crippen LogP contribution >= 0.6 is 0 Å². The second-order valence-corrected chi connectivity index (χ2v) is 6.42. The molecule has 0 spiro atoms. The van der Waals surface area contributed by atoms with E-state index in [0.717, 1.165) is 31.1 Å². The summed E-state index contributed by atoms with van der Waals surface area (Å²) in [5.41, 5.74) is 2.89. The largest absolute Gasteiger partial charge is 0.461 e. The van der Waals surface area contributed by atoms with Crippen LogP contribution in [0.4, 0.5) is 0 Å². The van der Waals surface area contributed by atoms with Crippen molar-refractivity contribution in [1.29, 1.82) is 0 Å². The van der Waals surface area contributed by atoms with E-state index in [9.17, 15) is 4.79 Å². The fraction of sp³-hybridized carbons (Fsp3) is 0.500. The minimum atomic E-state index is -0.448. The lowest BCUT2D eigenvalue weighted by molar-refractivity contribution is 0.0520. The number of aromatic nitrogens is 3. The molecule has 3 rings (SSSR count). The molecule has 1 N–H and O–H groups in total. The predicted molar refractivity (Wildman–Crippen MR) is 91.5 cm³/mol. The number of hydrogen-bond donors (Lipinski definition) is 1. The maximum atomic E-state index is 12.0. The first-order valence-electron chi connectivity index (χ1n) is 8.57. The highest BCUT2D eigenvalue weighted by Crippen LogP contribution is 2.23. The van der Waals surface area contributed by atoms with E-state index in [1.54, 1.807) is 6.92 Å². The Balaban J connectivity index is 1.78. The lowest BCUT2D eigenvalue weighted by Crippen LogP contribution is -2.33. The molecule has 6 heteroatoms. The number of nitrogens with zero attached hydrogens (tertiary/aromatic N) is 3. The fourth-order valence-electron chi connectivity index (χ4n) is 3.28. The molecule has 0 amide bonds. The van der Waals surface area contributed by atoms with Gasteiger partial charge in [0, 0.05) is 18.7 Å². The van der Waals surface area contributed by atoms with E-state index in [1.807, 2.05) is 12.1 Å². The topological polar surface area (TPSA) is 71.1 Å². The third kappa shape index (κ3) is 3.82. The molecular weight excluding hydrogens is 304 g/mol. The number of carbonyl (C=O) groups is 1. The minimum Gasteiger partial charge on any atom is -0.461 e. The number of esters is 1. The highest BCUT2D eigenvalue weighted by molar-refractivity contribution is 5.93. The van der Waals surface area contributed by atoms with Crippen LogP contribution in [0.3, 0.4) is 0 Å². The van der Waals surface area contributed by atoms with Crippen LogP contribution in [0.2, 0.25) is 0 Å². The molecule has 128 valence electrons. The Labute approximate surface area is 142 Å². The molecule has 1 saturated heterocycles. The summed E-state index contributed by atoms with van der Waals surface area (Å²) in [5, 5.41) is 10.6. The normalized spacial score (nSPS) is 18.5. The van der Waals surface area contributed by atoms with Crippen molar-refractivity contribution in [3.05, 3.63) is 35.5 Å². The smallest absolute Gasteiger partial charge is 0.361 e. The summed E-state index contributed by atoms with van der Waals surface area (Å²) in [4.78, 5) is 14.5. The van der Waals surface area contributed by atoms with Crippen molar-refractivity contribution < 1.29 is 9.53 Å². The maximum Gasteiger partial charge on any atom is 0.361 e. The standard InChI is InChI=1S/C18H24N4O2/c1-3-24-18(23)17-16(19-21-20-17)15-8-4-7-14(10-15)12-22-9-5-6-13(2)11-22/h4,7-8,10,13H,3,5-6,9,11-12H2,1-2H3,(H,19,20,21). The molecule has 6 nitrogen and oxygen atoms in total. The SMILES string of the molecule is CCOC(=O)c1n[nH]nc1-c1cccc(CN2CCCC(C)C2)c1. The van der Waals surface area contributed by atoms with E-state index >= 15 is 0 Å². The van der Waals surface area contributed by atoms with Gasteiger partial charge in [-0.3, -0.25) is 4.90 Å². The Morgan fingerprint density at radius 1 is 1.42 bits per heavy atom. The van der Waals surface area contributed by atoms with E-state index in [0.29, 0.717) is 12.3 Å². The summed E-state index contributed by atoms with van der Waals surface area (Å²) in [7, 11) is 0. The summed E-state index contributed by atoms with van der Waals surface area (Å²) in [6.07, 6.45) is 2.58. The number of likely N-dealkylation sites (tertiary alicyclic amines) is 1. The summed E-state index contributed by atoms with van der Waals surface area (Å²) < 4.78 is 5.04. The first kappa shape index (κ1) is 16.6. The monoisotopic (exact) mass is 328 g/mol. The van der Waals surface area contributed by atoms with Gasteiger partial charge >= 0.3 is 5.97 Å². The minimum absolute atomic E-state index is 0.237. The molecule has 0 radical (unpaired) electrons. The van der Waals surface area contributed by atoms with E-state index in [1.165, 1.54) is 18.4 Å². The zero-order valence-corrected chi connectivity index (χ0v) is 14.3. The van der Waals surface area contributed by atoms with E-state index in [4.69, 9.17) is 4.74 Å². The maximum absolute atomic E-state index is 12.0.